The molecule has 1 aromatic heterocycles. The van der Waals surface area contributed by atoms with E-state index in [9.17, 15) is 0 Å². The fraction of sp³-hybridized carbons (Fsp3) is 0.0952. The lowest BCUT2D eigenvalue weighted by Gasteiger charge is -2.08. The molecule has 4 aromatic rings. The minimum Gasteiger partial charge on any atom is -0.497 e. The molecule has 0 aliphatic carbocycles. The van der Waals surface area contributed by atoms with Gasteiger partial charge in [0, 0.05) is 16.8 Å². The second-order valence-corrected chi connectivity index (χ2v) is 5.91. The summed E-state index contributed by atoms with van der Waals surface area (Å²) in [4.78, 5) is 0. The largest absolute Gasteiger partial charge is 0.497 e. The van der Waals surface area contributed by atoms with Crippen LogP contribution in [0, 0.1) is 0 Å². The van der Waals surface area contributed by atoms with Crippen molar-refractivity contribution in [3.05, 3.63) is 84.6 Å². The van der Waals surface area contributed by atoms with Crippen LogP contribution in [0.15, 0.2) is 79.0 Å². The van der Waals surface area contributed by atoms with Crippen molar-refractivity contribution in [2.24, 2.45) is 0 Å². The van der Waals surface area contributed by atoms with Gasteiger partial charge >= 0.3 is 0 Å². The van der Waals surface area contributed by atoms with E-state index in [0.717, 1.165) is 34.6 Å². The molecule has 0 fully saturated rings. The van der Waals surface area contributed by atoms with E-state index in [1.54, 1.807) is 7.11 Å². The van der Waals surface area contributed by atoms with Gasteiger partial charge in [0.1, 0.15) is 5.75 Å². The standard InChI is InChI=1S/C21H19N3O/c1-25-20-10-7-16(8-11-20)15-24-21-12-9-19(13-17(21)14-22-24)23-18-5-3-2-4-6-18/h2-14,23H,15H2,1H3. The molecule has 0 saturated heterocycles. The van der Waals surface area contributed by atoms with Gasteiger partial charge in [-0.05, 0) is 48.0 Å². The van der Waals surface area contributed by atoms with Gasteiger partial charge in [0.05, 0.1) is 25.4 Å². The summed E-state index contributed by atoms with van der Waals surface area (Å²) in [6.45, 7) is 0.735. The molecular formula is C21H19N3O. The highest BCUT2D eigenvalue weighted by Gasteiger charge is 2.05. The number of fused-ring (bicyclic) bond motifs is 1. The van der Waals surface area contributed by atoms with Gasteiger partial charge < -0.3 is 10.1 Å². The third-order valence-corrected chi connectivity index (χ3v) is 4.20. The van der Waals surface area contributed by atoms with Crippen LogP contribution in [0.4, 0.5) is 11.4 Å². The minimum atomic E-state index is 0.735. The molecular weight excluding hydrogens is 310 g/mol. The van der Waals surface area contributed by atoms with E-state index in [4.69, 9.17) is 4.74 Å². The van der Waals surface area contributed by atoms with E-state index in [-0.39, 0.29) is 0 Å². The first-order valence-corrected chi connectivity index (χ1v) is 8.22. The topological polar surface area (TPSA) is 39.1 Å². The molecule has 124 valence electrons. The number of ether oxygens (including phenoxy) is 1. The molecule has 0 spiro atoms. The van der Waals surface area contributed by atoms with E-state index >= 15 is 0 Å². The van der Waals surface area contributed by atoms with Crippen LogP contribution in [-0.2, 0) is 6.54 Å². The van der Waals surface area contributed by atoms with Crippen molar-refractivity contribution in [1.29, 1.82) is 0 Å². The van der Waals surface area contributed by atoms with Crippen molar-refractivity contribution in [2.75, 3.05) is 12.4 Å². The summed E-state index contributed by atoms with van der Waals surface area (Å²) >= 11 is 0. The van der Waals surface area contributed by atoms with Crippen LogP contribution in [0.2, 0.25) is 0 Å². The summed E-state index contributed by atoms with van der Waals surface area (Å²) in [7, 11) is 1.68. The van der Waals surface area contributed by atoms with Gasteiger partial charge in [-0.15, -0.1) is 0 Å². The molecule has 0 aliphatic heterocycles. The maximum atomic E-state index is 5.21. The Kier molecular flexibility index (Phi) is 4.09. The lowest BCUT2D eigenvalue weighted by molar-refractivity contribution is 0.414. The molecule has 4 rings (SSSR count). The van der Waals surface area contributed by atoms with Crippen LogP contribution in [0.25, 0.3) is 10.9 Å². The van der Waals surface area contributed by atoms with Crippen molar-refractivity contribution in [3.8, 4) is 5.75 Å². The normalized spacial score (nSPS) is 10.8. The van der Waals surface area contributed by atoms with Crippen LogP contribution in [0.3, 0.4) is 0 Å². The van der Waals surface area contributed by atoms with Gasteiger partial charge in [-0.3, -0.25) is 4.68 Å². The van der Waals surface area contributed by atoms with Gasteiger partial charge in [0.25, 0.3) is 0 Å². The van der Waals surface area contributed by atoms with Crippen LogP contribution in [-0.4, -0.2) is 16.9 Å². The Labute approximate surface area is 146 Å². The Balaban J connectivity index is 1.57. The highest BCUT2D eigenvalue weighted by Crippen LogP contribution is 2.23. The van der Waals surface area contributed by atoms with Crippen LogP contribution in [0.5, 0.6) is 5.75 Å². The van der Waals surface area contributed by atoms with E-state index in [0.29, 0.717) is 0 Å². The zero-order chi connectivity index (χ0) is 17.1. The van der Waals surface area contributed by atoms with Crippen LogP contribution < -0.4 is 10.1 Å². The summed E-state index contributed by atoms with van der Waals surface area (Å²) in [5.41, 5.74) is 4.45. The van der Waals surface area contributed by atoms with Crippen molar-refractivity contribution < 1.29 is 4.74 Å². The minimum absolute atomic E-state index is 0.735. The zero-order valence-electron chi connectivity index (χ0n) is 14.0. The Bertz CT molecular complexity index is 975. The number of anilines is 2. The highest BCUT2D eigenvalue weighted by atomic mass is 16.5. The van der Waals surface area contributed by atoms with Crippen LogP contribution >= 0.6 is 0 Å². The predicted molar refractivity (Wildman–Crippen MR) is 102 cm³/mol. The molecule has 4 heteroatoms. The first-order valence-electron chi connectivity index (χ1n) is 8.22. The summed E-state index contributed by atoms with van der Waals surface area (Å²) < 4.78 is 7.22. The SMILES string of the molecule is COc1ccc(Cn2ncc3cc(Nc4ccccc4)ccc32)cc1. The summed E-state index contributed by atoms with van der Waals surface area (Å²) in [5, 5.41) is 9.08. The lowest BCUT2D eigenvalue weighted by Crippen LogP contribution is -2.01. The Hall–Kier alpha value is -3.27. The maximum absolute atomic E-state index is 5.21. The Morgan fingerprint density at radius 2 is 1.72 bits per heavy atom. The first kappa shape index (κ1) is 15.3. The van der Waals surface area contributed by atoms with Gasteiger partial charge in [0.15, 0.2) is 0 Å². The number of nitrogens with zero attached hydrogens (tertiary/aromatic N) is 2. The molecule has 0 bridgehead atoms. The molecule has 0 unspecified atom stereocenters. The molecule has 0 amide bonds. The average Bonchev–Trinajstić information content (AvgIpc) is 3.05. The fourth-order valence-electron chi connectivity index (χ4n) is 2.88. The molecule has 0 radical (unpaired) electrons. The van der Waals surface area contributed by atoms with Gasteiger partial charge in [-0.2, -0.15) is 5.10 Å². The monoisotopic (exact) mass is 329 g/mol. The van der Waals surface area contributed by atoms with Crippen LogP contribution in [0.1, 0.15) is 5.56 Å². The number of methoxy groups -OCH3 is 1. The van der Waals surface area contributed by atoms with Gasteiger partial charge in [-0.1, -0.05) is 30.3 Å². The smallest absolute Gasteiger partial charge is 0.118 e. The van der Waals surface area contributed by atoms with Gasteiger partial charge in [0.2, 0.25) is 0 Å². The Morgan fingerprint density at radius 3 is 2.48 bits per heavy atom. The summed E-state index contributed by atoms with van der Waals surface area (Å²) in [6, 6.07) is 24.6. The van der Waals surface area contributed by atoms with Crippen molar-refractivity contribution in [1.82, 2.24) is 9.78 Å². The molecule has 0 aliphatic rings. The zero-order valence-corrected chi connectivity index (χ0v) is 14.0. The van der Waals surface area contributed by atoms with Crippen molar-refractivity contribution in [2.45, 2.75) is 6.54 Å². The number of nitrogens with one attached hydrogen (secondary N) is 1. The number of hydrogen-bond donors (Lipinski definition) is 1. The average molecular weight is 329 g/mol. The molecule has 0 atom stereocenters. The molecule has 1 N–H and O–H groups in total. The molecule has 1 heterocycles. The quantitative estimate of drug-likeness (QED) is 0.569. The second kappa shape index (κ2) is 6.69. The maximum Gasteiger partial charge on any atom is 0.118 e. The summed E-state index contributed by atoms with van der Waals surface area (Å²) in [5.74, 6) is 0.866. The first-order chi connectivity index (χ1) is 12.3. The van der Waals surface area contributed by atoms with E-state index in [1.807, 2.05) is 41.2 Å². The van der Waals surface area contributed by atoms with Crippen molar-refractivity contribution >= 4 is 22.3 Å². The third kappa shape index (κ3) is 3.33. The molecule has 4 nitrogen and oxygen atoms in total. The van der Waals surface area contributed by atoms with E-state index < -0.39 is 0 Å². The summed E-state index contributed by atoms with van der Waals surface area (Å²) in [6.07, 6.45) is 1.91. The van der Waals surface area contributed by atoms with Crippen molar-refractivity contribution in [3.63, 3.8) is 0 Å². The predicted octanol–water partition coefficient (Wildman–Crippen LogP) is 4.84. The Morgan fingerprint density at radius 1 is 0.920 bits per heavy atom. The third-order valence-electron chi connectivity index (χ3n) is 4.20. The van der Waals surface area contributed by atoms with Gasteiger partial charge in [-0.25, -0.2) is 0 Å². The number of aromatic nitrogens is 2. The lowest BCUT2D eigenvalue weighted by atomic mass is 10.2. The number of rotatable bonds is 5. The number of para-hydroxylation sites is 1. The second-order valence-electron chi connectivity index (χ2n) is 5.91. The molecule has 3 aromatic carbocycles. The number of benzene rings is 3. The number of hydrogen-bond acceptors (Lipinski definition) is 3. The molecule has 25 heavy (non-hydrogen) atoms. The van der Waals surface area contributed by atoms with E-state index in [1.165, 1.54) is 5.56 Å². The highest BCUT2D eigenvalue weighted by molar-refractivity contribution is 5.83. The molecule has 0 saturated carbocycles. The van der Waals surface area contributed by atoms with E-state index in [2.05, 4.69) is 52.9 Å². The fourth-order valence-corrected chi connectivity index (χ4v) is 2.88.